The van der Waals surface area contributed by atoms with Crippen molar-refractivity contribution in [3.63, 3.8) is 0 Å². The molecule has 0 saturated heterocycles. The summed E-state index contributed by atoms with van der Waals surface area (Å²) in [6.07, 6.45) is 1.56. The van der Waals surface area contributed by atoms with E-state index in [0.29, 0.717) is 30.3 Å². The van der Waals surface area contributed by atoms with Crippen LogP contribution < -0.4 is 14.8 Å². The number of benzene rings is 2. The van der Waals surface area contributed by atoms with Crippen molar-refractivity contribution in [1.29, 1.82) is 5.26 Å². The molecule has 3 rings (SSSR count). The van der Waals surface area contributed by atoms with E-state index in [1.165, 1.54) is 0 Å². The molecular formula is C20H18BrN3O2. The smallest absolute Gasteiger partial charge is 0.185 e. The van der Waals surface area contributed by atoms with E-state index >= 15 is 0 Å². The third-order valence-corrected chi connectivity index (χ3v) is 4.21. The molecule has 0 atom stereocenters. The molecule has 2 aromatic carbocycles. The topological polar surface area (TPSA) is 67.2 Å². The maximum absolute atomic E-state index is 9.25. The molecule has 0 aliphatic rings. The van der Waals surface area contributed by atoms with Crippen LogP contribution in [0.5, 0.6) is 11.5 Å². The average Bonchev–Trinajstić information content (AvgIpc) is 2.64. The van der Waals surface area contributed by atoms with Gasteiger partial charge >= 0.3 is 0 Å². The Morgan fingerprint density at radius 3 is 2.65 bits per heavy atom. The van der Waals surface area contributed by atoms with Crippen molar-refractivity contribution in [3.8, 4) is 17.6 Å². The van der Waals surface area contributed by atoms with E-state index in [9.17, 15) is 5.26 Å². The van der Waals surface area contributed by atoms with Crippen LogP contribution in [0.3, 0.4) is 0 Å². The van der Waals surface area contributed by atoms with Gasteiger partial charge in [-0.05, 0) is 38.1 Å². The van der Waals surface area contributed by atoms with Gasteiger partial charge in [-0.15, -0.1) is 0 Å². The molecule has 1 N–H and O–H groups in total. The number of halogens is 1. The van der Waals surface area contributed by atoms with Gasteiger partial charge in [0.15, 0.2) is 11.5 Å². The van der Waals surface area contributed by atoms with E-state index < -0.39 is 0 Å². The maximum Gasteiger partial charge on any atom is 0.185 e. The van der Waals surface area contributed by atoms with Crippen molar-refractivity contribution < 1.29 is 9.47 Å². The van der Waals surface area contributed by atoms with Crippen LogP contribution in [-0.4, -0.2) is 18.2 Å². The van der Waals surface area contributed by atoms with Gasteiger partial charge in [0, 0.05) is 27.8 Å². The van der Waals surface area contributed by atoms with E-state index in [0.717, 1.165) is 26.8 Å². The zero-order valence-corrected chi connectivity index (χ0v) is 16.1. The molecule has 0 aliphatic heterocycles. The van der Waals surface area contributed by atoms with Crippen LogP contribution in [0.4, 0.5) is 11.4 Å². The Bertz CT molecular complexity index is 983. The number of hydrogen-bond acceptors (Lipinski definition) is 5. The molecule has 0 saturated carbocycles. The molecule has 0 radical (unpaired) electrons. The second-order valence-corrected chi connectivity index (χ2v) is 6.40. The van der Waals surface area contributed by atoms with Crippen LogP contribution in [0.1, 0.15) is 19.4 Å². The Morgan fingerprint density at radius 1 is 1.15 bits per heavy atom. The summed E-state index contributed by atoms with van der Waals surface area (Å²) in [6.45, 7) is 4.85. The lowest BCUT2D eigenvalue weighted by Crippen LogP contribution is -2.03. The second-order valence-electron chi connectivity index (χ2n) is 5.48. The Morgan fingerprint density at radius 2 is 1.96 bits per heavy atom. The second kappa shape index (κ2) is 8.07. The van der Waals surface area contributed by atoms with Crippen molar-refractivity contribution in [2.24, 2.45) is 0 Å². The number of nitrogens with one attached hydrogen (secondary N) is 1. The summed E-state index contributed by atoms with van der Waals surface area (Å²) >= 11 is 3.49. The van der Waals surface area contributed by atoms with Crippen molar-refractivity contribution in [1.82, 2.24) is 4.98 Å². The molecule has 0 spiro atoms. The molecule has 1 heterocycles. The Hall–Kier alpha value is -2.78. The summed E-state index contributed by atoms with van der Waals surface area (Å²) in [7, 11) is 0. The number of pyridine rings is 1. The number of aromatic nitrogens is 1. The Labute approximate surface area is 160 Å². The summed E-state index contributed by atoms with van der Waals surface area (Å²) < 4.78 is 12.6. The van der Waals surface area contributed by atoms with Crippen LogP contribution >= 0.6 is 15.9 Å². The van der Waals surface area contributed by atoms with E-state index in [1.807, 2.05) is 44.2 Å². The molecular weight excluding hydrogens is 394 g/mol. The molecule has 3 aromatic rings. The molecule has 0 fully saturated rings. The summed E-state index contributed by atoms with van der Waals surface area (Å²) in [5.41, 5.74) is 2.84. The molecule has 6 heteroatoms. The van der Waals surface area contributed by atoms with Gasteiger partial charge < -0.3 is 14.8 Å². The lowest BCUT2D eigenvalue weighted by Gasteiger charge is -2.19. The maximum atomic E-state index is 9.25. The quantitative estimate of drug-likeness (QED) is 0.587. The number of nitrogens with zero attached hydrogens (tertiary/aromatic N) is 2. The Balaban J connectivity index is 2.26. The summed E-state index contributed by atoms with van der Waals surface area (Å²) in [5.74, 6) is 1.23. The third kappa shape index (κ3) is 3.73. The SMILES string of the molecule is CCOc1cc2ncc(C#N)cc2c(Nc2cccc(Br)c2)c1OCC. The molecule has 132 valence electrons. The first-order valence-corrected chi connectivity index (χ1v) is 9.10. The first kappa shape index (κ1) is 18.0. The number of nitriles is 1. The number of hydrogen-bond donors (Lipinski definition) is 1. The first-order chi connectivity index (χ1) is 12.7. The van der Waals surface area contributed by atoms with Gasteiger partial charge in [-0.3, -0.25) is 4.98 Å². The van der Waals surface area contributed by atoms with Crippen LogP contribution in [0.25, 0.3) is 10.9 Å². The number of fused-ring (bicyclic) bond motifs is 1. The minimum Gasteiger partial charge on any atom is -0.490 e. The number of ether oxygens (including phenoxy) is 2. The predicted molar refractivity (Wildman–Crippen MR) is 106 cm³/mol. The summed E-state index contributed by atoms with van der Waals surface area (Å²) in [6, 6.07) is 13.6. The average molecular weight is 412 g/mol. The number of anilines is 2. The number of rotatable bonds is 6. The highest BCUT2D eigenvalue weighted by atomic mass is 79.9. The van der Waals surface area contributed by atoms with Crippen molar-refractivity contribution >= 4 is 38.2 Å². The highest BCUT2D eigenvalue weighted by Crippen LogP contribution is 2.43. The predicted octanol–water partition coefficient (Wildman–Crippen LogP) is 5.41. The van der Waals surface area contributed by atoms with Crippen molar-refractivity contribution in [2.75, 3.05) is 18.5 Å². The summed E-state index contributed by atoms with van der Waals surface area (Å²) in [5, 5.41) is 13.5. The van der Waals surface area contributed by atoms with Crippen molar-refractivity contribution in [3.05, 3.63) is 52.6 Å². The van der Waals surface area contributed by atoms with Gasteiger partial charge in [0.05, 0.1) is 30.0 Å². The van der Waals surface area contributed by atoms with E-state index in [-0.39, 0.29) is 0 Å². The largest absolute Gasteiger partial charge is 0.490 e. The van der Waals surface area contributed by atoms with Gasteiger partial charge in [-0.25, -0.2) is 0 Å². The van der Waals surface area contributed by atoms with Gasteiger partial charge in [0.2, 0.25) is 0 Å². The fourth-order valence-corrected chi connectivity index (χ4v) is 3.07. The molecule has 0 amide bonds. The zero-order valence-electron chi connectivity index (χ0n) is 14.5. The molecule has 0 aliphatic carbocycles. The Kier molecular flexibility index (Phi) is 5.59. The molecule has 0 unspecified atom stereocenters. The lowest BCUT2D eigenvalue weighted by atomic mass is 10.1. The molecule has 1 aromatic heterocycles. The van der Waals surface area contributed by atoms with Crippen LogP contribution in [0.2, 0.25) is 0 Å². The fourth-order valence-electron chi connectivity index (χ4n) is 2.67. The lowest BCUT2D eigenvalue weighted by molar-refractivity contribution is 0.289. The van der Waals surface area contributed by atoms with Gasteiger partial charge in [-0.1, -0.05) is 22.0 Å². The van der Waals surface area contributed by atoms with Gasteiger partial charge in [0.25, 0.3) is 0 Å². The standard InChI is InChI=1S/C20H18BrN3O2/c1-3-25-18-10-17-16(8-13(11-22)12-23-17)19(20(18)26-4-2)24-15-7-5-6-14(21)9-15/h5-10,12,24H,3-4H2,1-2H3. The van der Waals surface area contributed by atoms with E-state index in [1.54, 1.807) is 12.3 Å². The van der Waals surface area contributed by atoms with Crippen LogP contribution in [-0.2, 0) is 0 Å². The van der Waals surface area contributed by atoms with E-state index in [2.05, 4.69) is 32.3 Å². The molecule has 0 bridgehead atoms. The molecule has 5 nitrogen and oxygen atoms in total. The minimum absolute atomic E-state index is 0.487. The third-order valence-electron chi connectivity index (χ3n) is 3.72. The minimum atomic E-state index is 0.487. The highest BCUT2D eigenvalue weighted by Gasteiger charge is 2.18. The van der Waals surface area contributed by atoms with E-state index in [4.69, 9.17) is 9.47 Å². The van der Waals surface area contributed by atoms with Crippen LogP contribution in [0, 0.1) is 11.3 Å². The zero-order chi connectivity index (χ0) is 18.5. The fraction of sp³-hybridized carbons (Fsp3) is 0.200. The van der Waals surface area contributed by atoms with Crippen LogP contribution in [0.15, 0.2) is 47.1 Å². The first-order valence-electron chi connectivity index (χ1n) is 8.31. The summed E-state index contributed by atoms with van der Waals surface area (Å²) in [4.78, 5) is 4.41. The van der Waals surface area contributed by atoms with Crippen molar-refractivity contribution in [2.45, 2.75) is 13.8 Å². The van der Waals surface area contributed by atoms with Gasteiger partial charge in [-0.2, -0.15) is 5.26 Å². The highest BCUT2D eigenvalue weighted by molar-refractivity contribution is 9.10. The van der Waals surface area contributed by atoms with Gasteiger partial charge in [0.1, 0.15) is 6.07 Å². The monoisotopic (exact) mass is 411 g/mol. The normalized spacial score (nSPS) is 10.4. The molecule has 26 heavy (non-hydrogen) atoms.